The van der Waals surface area contributed by atoms with Gasteiger partial charge in [-0.05, 0) is 48.9 Å². The number of carboxylic acid groups (broad SMARTS) is 1. The molecule has 0 heterocycles. The lowest BCUT2D eigenvalue weighted by Crippen LogP contribution is -2.29. The Kier molecular flexibility index (Phi) is 7.67. The van der Waals surface area contributed by atoms with E-state index in [0.717, 1.165) is 4.31 Å². The lowest BCUT2D eigenvalue weighted by atomic mass is 10.1. The Labute approximate surface area is 178 Å². The van der Waals surface area contributed by atoms with Gasteiger partial charge in [-0.25, -0.2) is 13.2 Å². The summed E-state index contributed by atoms with van der Waals surface area (Å²) in [5.74, 6) is 4.75. The lowest BCUT2D eigenvalue weighted by Gasteiger charge is -2.23. The minimum atomic E-state index is -3.98. The molecular weight excluding hydrogens is 462 g/mol. The molecule has 0 aliphatic carbocycles. The number of aryl methyl sites for hydroxylation is 1. The fourth-order valence-electron chi connectivity index (χ4n) is 2.60. The molecule has 7 nitrogen and oxygen atoms in total. The Morgan fingerprint density at radius 2 is 1.79 bits per heavy atom. The third kappa shape index (κ3) is 5.50. The van der Waals surface area contributed by atoms with Crippen LogP contribution in [-0.2, 0) is 14.8 Å². The van der Waals surface area contributed by atoms with Gasteiger partial charge >= 0.3 is 5.97 Å². The molecule has 154 valence electrons. The van der Waals surface area contributed by atoms with E-state index in [2.05, 4.69) is 27.8 Å². The van der Waals surface area contributed by atoms with Crippen molar-refractivity contribution < 1.29 is 27.8 Å². The fraction of sp³-hybridized carbons (Fsp3) is 0.250. The van der Waals surface area contributed by atoms with E-state index in [4.69, 9.17) is 9.47 Å². The van der Waals surface area contributed by atoms with Crippen LogP contribution in [-0.4, -0.2) is 46.9 Å². The summed E-state index contributed by atoms with van der Waals surface area (Å²) in [5, 5.41) is 9.49. The van der Waals surface area contributed by atoms with Crippen molar-refractivity contribution in [3.63, 3.8) is 0 Å². The summed E-state index contributed by atoms with van der Waals surface area (Å²) in [6, 6.07) is 8.88. The summed E-state index contributed by atoms with van der Waals surface area (Å²) < 4.78 is 37.8. The van der Waals surface area contributed by atoms with Crippen LogP contribution < -0.4 is 9.04 Å². The number of sulfonamides is 1. The van der Waals surface area contributed by atoms with Crippen LogP contribution in [0.3, 0.4) is 0 Å². The molecule has 0 atom stereocenters. The normalized spacial score (nSPS) is 10.8. The predicted molar refractivity (Wildman–Crippen MR) is 113 cm³/mol. The van der Waals surface area contributed by atoms with Crippen LogP contribution in [0, 0.1) is 18.8 Å². The summed E-state index contributed by atoms with van der Waals surface area (Å²) in [5.41, 5.74) is 0.504. The molecule has 0 unspecified atom stereocenters. The number of carbonyl (C=O) groups is 1. The molecule has 0 aliphatic rings. The highest BCUT2D eigenvalue weighted by Gasteiger charge is 2.27. The number of hydrogen-bond donors (Lipinski definition) is 1. The molecule has 0 aromatic heterocycles. The Balaban J connectivity index is 2.30. The average molecular weight is 482 g/mol. The second kappa shape index (κ2) is 9.78. The lowest BCUT2D eigenvalue weighted by molar-refractivity contribution is 0.0697. The van der Waals surface area contributed by atoms with Gasteiger partial charge < -0.3 is 14.6 Å². The van der Waals surface area contributed by atoms with Crippen molar-refractivity contribution in [2.75, 3.05) is 31.7 Å². The first-order valence-electron chi connectivity index (χ1n) is 8.38. The van der Waals surface area contributed by atoms with E-state index in [0.29, 0.717) is 22.4 Å². The number of methoxy groups -OCH3 is 1. The second-order valence-electron chi connectivity index (χ2n) is 5.94. The summed E-state index contributed by atoms with van der Waals surface area (Å²) in [7, 11) is -1.11. The van der Waals surface area contributed by atoms with E-state index in [-0.39, 0.29) is 22.8 Å². The number of aromatic carboxylic acids is 1. The number of hydrogen-bond acceptors (Lipinski definition) is 5. The molecule has 0 saturated carbocycles. The summed E-state index contributed by atoms with van der Waals surface area (Å²) in [6.07, 6.45) is 0. The number of anilines is 1. The largest absolute Gasteiger partial charge is 0.481 e. The molecule has 1 N–H and O–H groups in total. The first-order valence-corrected chi connectivity index (χ1v) is 10.6. The quantitative estimate of drug-likeness (QED) is 0.609. The second-order valence-corrected chi connectivity index (χ2v) is 8.83. The monoisotopic (exact) mass is 481 g/mol. The fourth-order valence-corrected chi connectivity index (χ4v) is 4.45. The number of benzene rings is 2. The van der Waals surface area contributed by atoms with Crippen molar-refractivity contribution in [2.45, 2.75) is 11.8 Å². The molecule has 0 saturated heterocycles. The molecule has 2 aromatic rings. The van der Waals surface area contributed by atoms with Gasteiger partial charge in [-0.3, -0.25) is 4.31 Å². The van der Waals surface area contributed by atoms with Crippen LogP contribution in [0.5, 0.6) is 5.75 Å². The maximum atomic E-state index is 13.0. The van der Waals surface area contributed by atoms with Crippen molar-refractivity contribution in [1.82, 2.24) is 0 Å². The third-order valence-corrected chi connectivity index (χ3v) is 6.17. The highest BCUT2D eigenvalue weighted by atomic mass is 79.9. The topological polar surface area (TPSA) is 93.1 Å². The van der Waals surface area contributed by atoms with Gasteiger partial charge in [-0.15, -0.1) is 0 Å². The van der Waals surface area contributed by atoms with Gasteiger partial charge in [-0.1, -0.05) is 27.8 Å². The number of rotatable bonds is 7. The van der Waals surface area contributed by atoms with E-state index >= 15 is 0 Å². The minimum Gasteiger partial charge on any atom is -0.481 e. The van der Waals surface area contributed by atoms with Crippen molar-refractivity contribution in [2.24, 2.45) is 0 Å². The maximum Gasteiger partial charge on any atom is 0.337 e. The summed E-state index contributed by atoms with van der Waals surface area (Å²) >= 11 is 3.24. The van der Waals surface area contributed by atoms with Crippen molar-refractivity contribution >= 4 is 37.6 Å². The highest BCUT2D eigenvalue weighted by molar-refractivity contribution is 9.10. The standard InChI is InChI=1S/C20H20BrNO6S/c1-14-12-15(21)13-18(20(23)24)19(14)22(2)29(25,26)17-8-6-16(7-9-17)28-11-5-4-10-27-3/h6-9,12-13H,10-11H2,1-3H3,(H,23,24). The molecule has 0 radical (unpaired) electrons. The molecule has 0 spiro atoms. The van der Waals surface area contributed by atoms with Crippen LogP contribution in [0.1, 0.15) is 15.9 Å². The average Bonchev–Trinajstić information content (AvgIpc) is 2.67. The Morgan fingerprint density at radius 1 is 1.17 bits per heavy atom. The molecule has 0 bridgehead atoms. The Bertz CT molecular complexity index is 1050. The Hall–Kier alpha value is -2.54. The van der Waals surface area contributed by atoms with Crippen molar-refractivity contribution in [1.29, 1.82) is 0 Å². The summed E-state index contributed by atoms with van der Waals surface area (Å²) in [4.78, 5) is 11.6. The number of nitrogens with zero attached hydrogens (tertiary/aromatic N) is 1. The van der Waals surface area contributed by atoms with Crippen LogP contribution in [0.25, 0.3) is 0 Å². The minimum absolute atomic E-state index is 0.0106. The number of ether oxygens (including phenoxy) is 2. The molecule has 9 heteroatoms. The molecular formula is C20H20BrNO6S. The van der Waals surface area contributed by atoms with Gasteiger partial charge in [0, 0.05) is 18.6 Å². The Morgan fingerprint density at radius 3 is 2.38 bits per heavy atom. The zero-order valence-electron chi connectivity index (χ0n) is 16.1. The van der Waals surface area contributed by atoms with Gasteiger partial charge in [0.2, 0.25) is 0 Å². The van der Waals surface area contributed by atoms with E-state index < -0.39 is 16.0 Å². The SMILES string of the molecule is COCC#CCOc1ccc(S(=O)(=O)N(C)c2c(C)cc(Br)cc2C(=O)O)cc1. The van der Waals surface area contributed by atoms with E-state index in [1.54, 1.807) is 20.1 Å². The van der Waals surface area contributed by atoms with Gasteiger partial charge in [-0.2, -0.15) is 0 Å². The van der Waals surface area contributed by atoms with Gasteiger partial charge in [0.15, 0.2) is 0 Å². The first-order chi connectivity index (χ1) is 13.7. The van der Waals surface area contributed by atoms with E-state index in [1.165, 1.54) is 37.4 Å². The summed E-state index contributed by atoms with van der Waals surface area (Å²) in [6.45, 7) is 2.11. The van der Waals surface area contributed by atoms with Crippen LogP contribution in [0.2, 0.25) is 0 Å². The number of halogens is 1. The van der Waals surface area contributed by atoms with Crippen LogP contribution >= 0.6 is 15.9 Å². The van der Waals surface area contributed by atoms with Crippen LogP contribution in [0.15, 0.2) is 45.8 Å². The van der Waals surface area contributed by atoms with Gasteiger partial charge in [0.05, 0.1) is 16.1 Å². The molecule has 2 aromatic carbocycles. The zero-order chi connectivity index (χ0) is 21.6. The maximum absolute atomic E-state index is 13.0. The first kappa shape index (κ1) is 22.7. The number of carboxylic acids is 1. The highest BCUT2D eigenvalue weighted by Crippen LogP contribution is 2.32. The van der Waals surface area contributed by atoms with Crippen molar-refractivity contribution in [3.8, 4) is 17.6 Å². The molecule has 0 aliphatic heterocycles. The molecule has 0 fully saturated rings. The van der Waals surface area contributed by atoms with Crippen LogP contribution in [0.4, 0.5) is 5.69 Å². The van der Waals surface area contributed by atoms with Crippen molar-refractivity contribution in [3.05, 3.63) is 52.0 Å². The van der Waals surface area contributed by atoms with Gasteiger partial charge in [0.1, 0.15) is 19.0 Å². The molecule has 29 heavy (non-hydrogen) atoms. The van der Waals surface area contributed by atoms with E-state index in [1.807, 2.05) is 0 Å². The predicted octanol–water partition coefficient (Wildman–Crippen LogP) is 3.31. The zero-order valence-corrected chi connectivity index (χ0v) is 18.5. The molecule has 0 amide bonds. The van der Waals surface area contributed by atoms with E-state index in [9.17, 15) is 18.3 Å². The molecule has 2 rings (SSSR count). The van der Waals surface area contributed by atoms with Gasteiger partial charge in [0.25, 0.3) is 10.0 Å². The smallest absolute Gasteiger partial charge is 0.337 e. The third-order valence-electron chi connectivity index (χ3n) is 3.95.